The third-order valence-electron chi connectivity index (χ3n) is 3.06. The lowest BCUT2D eigenvalue weighted by atomic mass is 10.1. The Balaban J connectivity index is 1.68. The third-order valence-corrected chi connectivity index (χ3v) is 3.97. The highest BCUT2D eigenvalue weighted by atomic mass is 32.1. The van der Waals surface area contributed by atoms with Gasteiger partial charge in [-0.15, -0.1) is 11.3 Å². The summed E-state index contributed by atoms with van der Waals surface area (Å²) in [5.41, 5.74) is 1.07. The minimum atomic E-state index is -0.878. The molecular weight excluding hydrogens is 320 g/mol. The number of benzene rings is 1. The molecule has 1 N–H and O–H groups in total. The van der Waals surface area contributed by atoms with Gasteiger partial charge in [-0.25, -0.2) is 13.8 Å². The molecule has 0 unspecified atom stereocenters. The van der Waals surface area contributed by atoms with Crippen LogP contribution in [0.5, 0.6) is 0 Å². The fourth-order valence-electron chi connectivity index (χ4n) is 1.96. The summed E-state index contributed by atoms with van der Waals surface area (Å²) in [4.78, 5) is 20.8. The zero-order valence-corrected chi connectivity index (χ0v) is 12.6. The van der Waals surface area contributed by atoms with E-state index in [1.165, 1.54) is 23.6 Å². The van der Waals surface area contributed by atoms with Gasteiger partial charge in [0.2, 0.25) is 0 Å². The first-order valence-electron chi connectivity index (χ1n) is 6.72. The quantitative estimate of drug-likeness (QED) is 0.794. The second-order valence-corrected chi connectivity index (χ2v) is 5.87. The predicted octanol–water partition coefficient (Wildman–Crippen LogP) is 3.66. The minimum absolute atomic E-state index is 0.299. The number of hydrogen-bond donors (Lipinski definition) is 1. The Morgan fingerprint density at radius 2 is 2.04 bits per heavy atom. The van der Waals surface area contributed by atoms with Crippen molar-refractivity contribution in [2.24, 2.45) is 0 Å². The predicted molar refractivity (Wildman–Crippen MR) is 83.5 cm³/mol. The van der Waals surface area contributed by atoms with Gasteiger partial charge in [0, 0.05) is 29.9 Å². The molecule has 0 spiro atoms. The first-order valence-corrected chi connectivity index (χ1v) is 7.53. The molecule has 23 heavy (non-hydrogen) atoms. The fourth-order valence-corrected chi connectivity index (χ4v) is 2.81. The number of carbonyl (C=O) groups excluding carboxylic acids is 1. The van der Waals surface area contributed by atoms with Crippen molar-refractivity contribution in [1.82, 2.24) is 9.97 Å². The van der Waals surface area contributed by atoms with Crippen molar-refractivity contribution < 1.29 is 13.6 Å². The van der Waals surface area contributed by atoms with Crippen LogP contribution >= 0.6 is 11.3 Å². The van der Waals surface area contributed by atoms with Gasteiger partial charge in [-0.2, -0.15) is 0 Å². The summed E-state index contributed by atoms with van der Waals surface area (Å²) in [5.74, 6) is -2.05. The number of anilines is 1. The van der Waals surface area contributed by atoms with Crippen molar-refractivity contribution in [2.75, 3.05) is 5.32 Å². The van der Waals surface area contributed by atoms with Gasteiger partial charge in [-0.3, -0.25) is 15.1 Å². The highest BCUT2D eigenvalue weighted by Crippen LogP contribution is 2.22. The number of rotatable bonds is 4. The maximum absolute atomic E-state index is 13.2. The second kappa shape index (κ2) is 6.62. The van der Waals surface area contributed by atoms with E-state index in [-0.39, 0.29) is 5.91 Å². The number of halogens is 2. The Bertz CT molecular complexity index is 836. The van der Waals surface area contributed by atoms with Crippen LogP contribution in [0, 0.1) is 11.6 Å². The molecule has 116 valence electrons. The van der Waals surface area contributed by atoms with Gasteiger partial charge in [0.05, 0.1) is 5.56 Å². The Morgan fingerprint density at radius 3 is 2.78 bits per heavy atom. The number of hydrogen-bond acceptors (Lipinski definition) is 4. The monoisotopic (exact) mass is 331 g/mol. The minimum Gasteiger partial charge on any atom is -0.298 e. The first kappa shape index (κ1) is 15.2. The van der Waals surface area contributed by atoms with Crippen molar-refractivity contribution in [3.05, 3.63) is 76.6 Å². The van der Waals surface area contributed by atoms with Crippen LogP contribution in [0.1, 0.15) is 20.8 Å². The molecule has 3 rings (SSSR count). The highest BCUT2D eigenvalue weighted by molar-refractivity contribution is 7.15. The van der Waals surface area contributed by atoms with Crippen LogP contribution in [0.15, 0.2) is 48.9 Å². The fraction of sp³-hybridized carbons (Fsp3) is 0.0625. The zero-order chi connectivity index (χ0) is 16.2. The van der Waals surface area contributed by atoms with Crippen LogP contribution in [0.25, 0.3) is 0 Å². The lowest BCUT2D eigenvalue weighted by Crippen LogP contribution is -2.11. The molecule has 0 fully saturated rings. The number of carbonyl (C=O) groups is 1. The van der Waals surface area contributed by atoms with E-state index in [2.05, 4.69) is 15.3 Å². The molecule has 0 bridgehead atoms. The Hall–Kier alpha value is -2.67. The molecule has 0 radical (unpaired) electrons. The van der Waals surface area contributed by atoms with Crippen LogP contribution in [-0.2, 0) is 6.42 Å². The van der Waals surface area contributed by atoms with E-state index in [0.717, 1.165) is 17.0 Å². The lowest BCUT2D eigenvalue weighted by Gasteiger charge is -2.01. The molecule has 3 aromatic rings. The SMILES string of the molecule is O=C(Nc1ncc(Cc2ccc(F)c(F)c2)s1)c1cccnc1. The van der Waals surface area contributed by atoms with Crippen LogP contribution in [0.2, 0.25) is 0 Å². The van der Waals surface area contributed by atoms with E-state index >= 15 is 0 Å². The Kier molecular flexibility index (Phi) is 4.38. The van der Waals surface area contributed by atoms with Gasteiger partial charge in [0.15, 0.2) is 16.8 Å². The van der Waals surface area contributed by atoms with Gasteiger partial charge in [0.25, 0.3) is 5.91 Å². The molecule has 0 aliphatic carbocycles. The van der Waals surface area contributed by atoms with E-state index in [1.54, 1.807) is 24.5 Å². The average molecular weight is 331 g/mol. The second-order valence-electron chi connectivity index (χ2n) is 4.75. The van der Waals surface area contributed by atoms with Gasteiger partial charge in [-0.05, 0) is 29.8 Å². The zero-order valence-electron chi connectivity index (χ0n) is 11.8. The van der Waals surface area contributed by atoms with Gasteiger partial charge < -0.3 is 0 Å². The summed E-state index contributed by atoms with van der Waals surface area (Å²) in [6, 6.07) is 7.09. The van der Waals surface area contributed by atoms with Crippen LogP contribution < -0.4 is 5.32 Å². The summed E-state index contributed by atoms with van der Waals surface area (Å²) < 4.78 is 26.1. The molecule has 4 nitrogen and oxygen atoms in total. The summed E-state index contributed by atoms with van der Waals surface area (Å²) in [6.07, 6.45) is 5.06. The molecule has 0 saturated heterocycles. The van der Waals surface area contributed by atoms with Crippen molar-refractivity contribution >= 4 is 22.4 Å². The summed E-state index contributed by atoms with van der Waals surface area (Å²) >= 11 is 1.28. The first-order chi connectivity index (χ1) is 11.1. The average Bonchev–Trinajstić information content (AvgIpc) is 2.99. The molecule has 0 atom stereocenters. The largest absolute Gasteiger partial charge is 0.298 e. The summed E-state index contributed by atoms with van der Waals surface area (Å²) in [6.45, 7) is 0. The number of thiazole rings is 1. The molecule has 7 heteroatoms. The molecule has 2 heterocycles. The van der Waals surface area contributed by atoms with Gasteiger partial charge in [-0.1, -0.05) is 6.07 Å². The van der Waals surface area contributed by atoms with E-state index in [9.17, 15) is 13.6 Å². The van der Waals surface area contributed by atoms with Gasteiger partial charge in [0.1, 0.15) is 0 Å². The smallest absolute Gasteiger partial charge is 0.259 e. The normalized spacial score (nSPS) is 10.5. The van der Waals surface area contributed by atoms with Crippen molar-refractivity contribution in [1.29, 1.82) is 0 Å². The molecule has 0 aliphatic rings. The Labute approximate surface area is 134 Å². The van der Waals surface area contributed by atoms with Crippen molar-refractivity contribution in [3.8, 4) is 0 Å². The molecule has 0 saturated carbocycles. The third kappa shape index (κ3) is 3.75. The van der Waals surface area contributed by atoms with E-state index < -0.39 is 11.6 Å². The van der Waals surface area contributed by atoms with E-state index in [1.807, 2.05) is 0 Å². The number of nitrogens with one attached hydrogen (secondary N) is 1. The molecule has 1 amide bonds. The van der Waals surface area contributed by atoms with Gasteiger partial charge >= 0.3 is 0 Å². The summed E-state index contributed by atoms with van der Waals surface area (Å²) in [5, 5.41) is 3.12. The Morgan fingerprint density at radius 1 is 1.17 bits per heavy atom. The number of amides is 1. The molecule has 1 aromatic carbocycles. The molecule has 0 aliphatic heterocycles. The summed E-state index contributed by atoms with van der Waals surface area (Å²) in [7, 11) is 0. The van der Waals surface area contributed by atoms with Crippen LogP contribution in [-0.4, -0.2) is 15.9 Å². The topological polar surface area (TPSA) is 54.9 Å². The van der Waals surface area contributed by atoms with Crippen molar-refractivity contribution in [3.63, 3.8) is 0 Å². The van der Waals surface area contributed by atoms with Crippen molar-refractivity contribution in [2.45, 2.75) is 6.42 Å². The highest BCUT2D eigenvalue weighted by Gasteiger charge is 2.10. The number of nitrogens with zero attached hydrogens (tertiary/aromatic N) is 2. The maximum atomic E-state index is 13.2. The maximum Gasteiger partial charge on any atom is 0.259 e. The standard InChI is InChI=1S/C16H11F2N3OS/c17-13-4-3-10(7-14(13)18)6-12-9-20-16(23-12)21-15(22)11-2-1-5-19-8-11/h1-5,7-9H,6H2,(H,20,21,22). The van der Waals surface area contributed by atoms with Crippen LogP contribution in [0.3, 0.4) is 0 Å². The van der Waals surface area contributed by atoms with E-state index in [0.29, 0.717) is 22.7 Å². The molecular formula is C16H11F2N3OS. The lowest BCUT2D eigenvalue weighted by molar-refractivity contribution is 0.102. The number of aromatic nitrogens is 2. The van der Waals surface area contributed by atoms with E-state index in [4.69, 9.17) is 0 Å². The molecule has 2 aromatic heterocycles. The number of pyridine rings is 1. The van der Waals surface area contributed by atoms with Crippen LogP contribution in [0.4, 0.5) is 13.9 Å².